The van der Waals surface area contributed by atoms with Crippen molar-refractivity contribution >= 4 is 23.8 Å². The molecule has 1 aromatic carbocycles. The lowest BCUT2D eigenvalue weighted by Gasteiger charge is -2.15. The molecule has 0 bridgehead atoms. The molecular weight excluding hydrogens is 281 g/mol. The molecule has 0 aliphatic carbocycles. The Morgan fingerprint density at radius 3 is 2.82 bits per heavy atom. The number of halogens is 1. The van der Waals surface area contributed by atoms with Crippen LogP contribution in [0.15, 0.2) is 35.1 Å². The molecule has 6 heteroatoms. The third-order valence-corrected chi connectivity index (χ3v) is 3.49. The van der Waals surface area contributed by atoms with Gasteiger partial charge in [-0.15, -0.1) is 5.10 Å². The van der Waals surface area contributed by atoms with E-state index in [1.807, 2.05) is 30.3 Å². The van der Waals surface area contributed by atoms with E-state index in [9.17, 15) is 5.11 Å². The molecule has 0 saturated heterocycles. The van der Waals surface area contributed by atoms with Crippen molar-refractivity contribution in [1.29, 1.82) is 0 Å². The number of aromatic nitrogens is 3. The van der Waals surface area contributed by atoms with Gasteiger partial charge in [0.25, 0.3) is 0 Å². The van der Waals surface area contributed by atoms with Crippen molar-refractivity contribution in [3.05, 3.63) is 46.5 Å². The SMILES string of the molecule is B[C@@]1(O)C[C@@H](c2ccccc2)n2nc(Br)nc21. The number of aliphatic hydroxyl groups is 1. The maximum absolute atomic E-state index is 10.3. The summed E-state index contributed by atoms with van der Waals surface area (Å²) in [6, 6.07) is 10.1. The van der Waals surface area contributed by atoms with Gasteiger partial charge in [0, 0.05) is 6.42 Å². The molecule has 17 heavy (non-hydrogen) atoms. The van der Waals surface area contributed by atoms with Crippen molar-refractivity contribution < 1.29 is 5.11 Å². The van der Waals surface area contributed by atoms with Crippen molar-refractivity contribution in [3.8, 4) is 0 Å². The largest absolute Gasteiger partial charge is 0.391 e. The first-order chi connectivity index (χ1) is 8.08. The van der Waals surface area contributed by atoms with Crippen LogP contribution in [0.25, 0.3) is 0 Å². The predicted octanol–water partition coefficient (Wildman–Crippen LogP) is 0.812. The normalized spacial score (nSPS) is 27.1. The highest BCUT2D eigenvalue weighted by Gasteiger charge is 2.42. The van der Waals surface area contributed by atoms with E-state index in [1.165, 1.54) is 0 Å². The standard InChI is InChI=1S/C11H11BBrN3O/c12-11(17)6-8(7-4-2-1-3-5-7)16-9(11)14-10(13)15-16/h1-5,8,17H,6,12H2/t8-,11+/m0/s1. The number of hydrogen-bond acceptors (Lipinski definition) is 3. The maximum Gasteiger partial charge on any atom is 0.217 e. The second-order valence-electron chi connectivity index (χ2n) is 4.55. The summed E-state index contributed by atoms with van der Waals surface area (Å²) < 4.78 is 2.33. The molecule has 0 unspecified atom stereocenters. The van der Waals surface area contributed by atoms with Gasteiger partial charge >= 0.3 is 0 Å². The average Bonchev–Trinajstić information content (AvgIpc) is 2.79. The van der Waals surface area contributed by atoms with Crippen LogP contribution in [-0.2, 0) is 5.50 Å². The summed E-state index contributed by atoms with van der Waals surface area (Å²) in [5.41, 5.74) is 0.225. The van der Waals surface area contributed by atoms with Gasteiger partial charge in [-0.25, -0.2) is 9.67 Å². The van der Waals surface area contributed by atoms with Gasteiger partial charge < -0.3 is 5.11 Å². The number of nitrogens with zero attached hydrogens (tertiary/aromatic N) is 3. The Balaban J connectivity index is 2.11. The maximum atomic E-state index is 10.3. The third kappa shape index (κ3) is 1.72. The Kier molecular flexibility index (Phi) is 2.38. The van der Waals surface area contributed by atoms with Gasteiger partial charge in [-0.05, 0) is 21.5 Å². The van der Waals surface area contributed by atoms with Crippen LogP contribution in [-0.4, -0.2) is 27.7 Å². The molecule has 1 aliphatic rings. The lowest BCUT2D eigenvalue weighted by Crippen LogP contribution is -2.23. The van der Waals surface area contributed by atoms with Crippen LogP contribution < -0.4 is 0 Å². The van der Waals surface area contributed by atoms with Crippen LogP contribution in [0.1, 0.15) is 23.9 Å². The van der Waals surface area contributed by atoms with Crippen molar-refractivity contribution in [1.82, 2.24) is 14.8 Å². The van der Waals surface area contributed by atoms with Crippen molar-refractivity contribution in [2.24, 2.45) is 0 Å². The van der Waals surface area contributed by atoms with E-state index in [0.29, 0.717) is 17.0 Å². The van der Waals surface area contributed by atoms with Crippen LogP contribution in [0.4, 0.5) is 0 Å². The molecule has 0 fully saturated rings. The van der Waals surface area contributed by atoms with Crippen LogP contribution in [0.3, 0.4) is 0 Å². The molecule has 0 amide bonds. The fourth-order valence-electron chi connectivity index (χ4n) is 2.37. The van der Waals surface area contributed by atoms with E-state index in [-0.39, 0.29) is 6.04 Å². The molecule has 0 saturated carbocycles. The Hall–Kier alpha value is -1.14. The molecule has 1 aromatic heterocycles. The van der Waals surface area contributed by atoms with Gasteiger partial charge in [-0.1, -0.05) is 30.3 Å². The van der Waals surface area contributed by atoms with Gasteiger partial charge in [-0.3, -0.25) is 0 Å². The lowest BCUT2D eigenvalue weighted by atomic mass is 9.78. The summed E-state index contributed by atoms with van der Waals surface area (Å²) >= 11 is 3.26. The summed E-state index contributed by atoms with van der Waals surface area (Å²) in [5, 5.41) is 14.7. The molecule has 1 N–H and O–H groups in total. The number of hydrogen-bond donors (Lipinski definition) is 1. The minimum atomic E-state index is -0.917. The molecule has 2 heterocycles. The second-order valence-corrected chi connectivity index (χ2v) is 5.26. The van der Waals surface area contributed by atoms with Crippen LogP contribution in [0, 0.1) is 0 Å². The zero-order valence-corrected chi connectivity index (χ0v) is 10.9. The Morgan fingerprint density at radius 1 is 1.41 bits per heavy atom. The van der Waals surface area contributed by atoms with E-state index >= 15 is 0 Å². The first-order valence-electron chi connectivity index (χ1n) is 5.48. The van der Waals surface area contributed by atoms with Crippen LogP contribution in [0.5, 0.6) is 0 Å². The topological polar surface area (TPSA) is 50.9 Å². The Bertz CT molecular complexity index is 555. The van der Waals surface area contributed by atoms with Gasteiger partial charge in [0.05, 0.1) is 11.5 Å². The van der Waals surface area contributed by atoms with Gasteiger partial charge in [0.1, 0.15) is 0 Å². The molecule has 2 aromatic rings. The number of rotatable bonds is 1. The summed E-state index contributed by atoms with van der Waals surface area (Å²) in [7, 11) is 1.78. The van der Waals surface area contributed by atoms with E-state index in [0.717, 1.165) is 5.56 Å². The Labute approximate surface area is 108 Å². The first-order valence-corrected chi connectivity index (χ1v) is 6.27. The zero-order valence-electron chi connectivity index (χ0n) is 9.34. The minimum Gasteiger partial charge on any atom is -0.391 e. The summed E-state index contributed by atoms with van der Waals surface area (Å²) in [6.45, 7) is 0. The van der Waals surface area contributed by atoms with E-state index < -0.39 is 5.50 Å². The molecule has 86 valence electrons. The highest BCUT2D eigenvalue weighted by Crippen LogP contribution is 2.39. The molecule has 0 spiro atoms. The molecule has 0 radical (unpaired) electrons. The summed E-state index contributed by atoms with van der Waals surface area (Å²) in [5.74, 6) is 0.623. The lowest BCUT2D eigenvalue weighted by molar-refractivity contribution is 0.122. The fourth-order valence-corrected chi connectivity index (χ4v) is 2.71. The number of benzene rings is 1. The summed E-state index contributed by atoms with van der Waals surface area (Å²) in [6.07, 6.45) is 0.611. The van der Waals surface area contributed by atoms with E-state index in [4.69, 9.17) is 0 Å². The Morgan fingerprint density at radius 2 is 2.12 bits per heavy atom. The molecule has 2 atom stereocenters. The monoisotopic (exact) mass is 291 g/mol. The van der Waals surface area contributed by atoms with Crippen LogP contribution >= 0.6 is 15.9 Å². The van der Waals surface area contributed by atoms with Crippen LogP contribution in [0.2, 0.25) is 0 Å². The molecule has 3 rings (SSSR count). The first kappa shape index (κ1) is 11.0. The van der Waals surface area contributed by atoms with E-state index in [2.05, 4.69) is 26.0 Å². The number of fused-ring (bicyclic) bond motifs is 1. The minimum absolute atomic E-state index is 0.0556. The fraction of sp³-hybridized carbons (Fsp3) is 0.273. The second kappa shape index (κ2) is 3.68. The third-order valence-electron chi connectivity index (χ3n) is 3.16. The molecule has 1 aliphatic heterocycles. The van der Waals surface area contributed by atoms with Crippen molar-refractivity contribution in [2.75, 3.05) is 0 Å². The highest BCUT2D eigenvalue weighted by molar-refractivity contribution is 9.10. The zero-order chi connectivity index (χ0) is 12.0. The van der Waals surface area contributed by atoms with Gasteiger partial charge in [0.2, 0.25) is 4.73 Å². The quantitative estimate of drug-likeness (QED) is 0.791. The smallest absolute Gasteiger partial charge is 0.217 e. The van der Waals surface area contributed by atoms with Gasteiger partial charge in [-0.2, -0.15) is 0 Å². The van der Waals surface area contributed by atoms with E-state index in [1.54, 1.807) is 12.5 Å². The molecular formula is C11H11BBrN3O. The van der Waals surface area contributed by atoms with Crippen molar-refractivity contribution in [3.63, 3.8) is 0 Å². The predicted molar refractivity (Wildman–Crippen MR) is 69.4 cm³/mol. The van der Waals surface area contributed by atoms with Gasteiger partial charge in [0.15, 0.2) is 13.7 Å². The molecule has 4 nitrogen and oxygen atoms in total. The average molecular weight is 292 g/mol. The highest BCUT2D eigenvalue weighted by atomic mass is 79.9. The van der Waals surface area contributed by atoms with Crippen molar-refractivity contribution in [2.45, 2.75) is 18.0 Å². The summed E-state index contributed by atoms with van der Waals surface area (Å²) in [4.78, 5) is 4.24.